The molecule has 0 heterocycles. The third-order valence-electron chi connectivity index (χ3n) is 11.6. The summed E-state index contributed by atoms with van der Waals surface area (Å²) in [6.07, 6.45) is 12.7. The number of hydrogen-bond acceptors (Lipinski definition) is 5. The molecule has 0 saturated heterocycles. The van der Waals surface area contributed by atoms with E-state index in [4.69, 9.17) is 22.7 Å². The number of nitrogens with two attached hydrogens (primary N) is 1. The second-order valence-corrected chi connectivity index (χ2v) is 14.4. The maximum atomic E-state index is 12.6. The summed E-state index contributed by atoms with van der Waals surface area (Å²) < 4.78 is 5.66. The summed E-state index contributed by atoms with van der Waals surface area (Å²) in [4.78, 5) is 11.8. The first-order valence-corrected chi connectivity index (χ1v) is 15.2. The van der Waals surface area contributed by atoms with Gasteiger partial charge in [0.05, 0.1) is 5.60 Å². The largest absolute Gasteiger partial charge is 0.462 e. The minimum Gasteiger partial charge on any atom is -0.462 e. The van der Waals surface area contributed by atoms with Gasteiger partial charge < -0.3 is 15.6 Å². The number of aliphatic hydroxyl groups is 1. The van der Waals surface area contributed by atoms with Gasteiger partial charge in [-0.3, -0.25) is 10.2 Å². The highest BCUT2D eigenvalue weighted by molar-refractivity contribution is 7.80. The minimum atomic E-state index is -0.978. The molecule has 210 valence electrons. The average molecular weight is 534 g/mol. The highest BCUT2D eigenvalue weighted by atomic mass is 32.1. The van der Waals surface area contributed by atoms with Crippen molar-refractivity contribution in [3.8, 4) is 0 Å². The minimum absolute atomic E-state index is 0.123. The van der Waals surface area contributed by atoms with Crippen molar-refractivity contribution >= 4 is 29.5 Å². The van der Waals surface area contributed by atoms with Crippen LogP contribution in [0.1, 0.15) is 106 Å². The molecule has 4 rings (SSSR count). The first-order chi connectivity index (χ1) is 17.3. The highest BCUT2D eigenvalue weighted by Crippen LogP contribution is 2.73. The zero-order valence-electron chi connectivity index (χ0n) is 24.0. The molecule has 0 unspecified atom stereocenters. The van der Waals surface area contributed by atoms with Crippen molar-refractivity contribution in [2.45, 2.75) is 117 Å². The van der Waals surface area contributed by atoms with Crippen LogP contribution in [0.3, 0.4) is 0 Å². The van der Waals surface area contributed by atoms with Crippen molar-refractivity contribution in [1.82, 2.24) is 5.43 Å². The molecule has 6 nitrogen and oxygen atoms in total. The Balaban J connectivity index is 1.65. The van der Waals surface area contributed by atoms with Crippen LogP contribution in [-0.4, -0.2) is 34.1 Å². The van der Waals surface area contributed by atoms with E-state index in [0.29, 0.717) is 24.2 Å². The van der Waals surface area contributed by atoms with Gasteiger partial charge in [0, 0.05) is 30.9 Å². The molecule has 4 aliphatic carbocycles. The lowest BCUT2D eigenvalue weighted by molar-refractivity contribution is -0.170. The topological polar surface area (TPSA) is 96.9 Å². The number of hydrazone groups is 1. The van der Waals surface area contributed by atoms with Crippen LogP contribution in [0.15, 0.2) is 5.10 Å². The van der Waals surface area contributed by atoms with Crippen molar-refractivity contribution in [2.75, 3.05) is 0 Å². The number of carbonyl (C=O) groups excluding carboxylic acids is 1. The molecule has 0 aromatic carbocycles. The number of ether oxygens (including phenoxy) is 1. The number of esters is 1. The number of carbonyl (C=O) groups is 1. The van der Waals surface area contributed by atoms with E-state index >= 15 is 0 Å². The fourth-order valence-corrected chi connectivity index (χ4v) is 9.96. The molecule has 0 aromatic rings. The second-order valence-electron chi connectivity index (χ2n) is 13.9. The normalized spacial score (nSPS) is 43.8. The molecule has 0 amide bonds. The molecular formula is C30H51N3O3S. The Labute approximate surface area is 229 Å². The SMILES string of the molecule is CC(=O)O[C@H]1CC[C@]2(C)[C@H]3CC[C@]4(C)[C@@H]([C@H](C)CCCC(C)C)CC[C@H]4[C@@H]3[C@@H](/C=N/NC(N)=S)[C@]2(O)C1. The van der Waals surface area contributed by atoms with Crippen LogP contribution in [-0.2, 0) is 9.53 Å². The van der Waals surface area contributed by atoms with Gasteiger partial charge in [0.2, 0.25) is 0 Å². The van der Waals surface area contributed by atoms with E-state index in [0.717, 1.165) is 37.0 Å². The van der Waals surface area contributed by atoms with Gasteiger partial charge in [0.15, 0.2) is 5.11 Å². The third kappa shape index (κ3) is 5.08. The van der Waals surface area contributed by atoms with Crippen LogP contribution in [0.4, 0.5) is 0 Å². The maximum Gasteiger partial charge on any atom is 0.302 e. The number of nitrogens with one attached hydrogen (secondary N) is 1. The Kier molecular flexibility index (Phi) is 8.36. The lowest BCUT2D eigenvalue weighted by Crippen LogP contribution is -2.55. The Hall–Kier alpha value is -1.21. The maximum absolute atomic E-state index is 12.6. The van der Waals surface area contributed by atoms with Crippen molar-refractivity contribution in [1.29, 1.82) is 0 Å². The molecule has 7 heteroatoms. The quantitative estimate of drug-likeness (QED) is 0.158. The standard InChI is InChI=1S/C30H51N3O3S/c1-18(2)8-7-9-19(3)22-10-11-23-26-24(13-14-28(22,23)5)29(6)15-12-21(36-20(4)34)16-30(29,35)25(26)17-32-33-27(31)37/h17-19,21-26,35H,7-16H2,1-6H3,(H3,31,33,37)/b32-17+/t19-,21+,22-,23+,24+,25-,26+,28-,29-,30-/m1/s1. The molecule has 0 aliphatic heterocycles. The summed E-state index contributed by atoms with van der Waals surface area (Å²) in [7, 11) is 0. The van der Waals surface area contributed by atoms with Gasteiger partial charge in [-0.05, 0) is 91.7 Å². The molecule has 4 aliphatic rings. The van der Waals surface area contributed by atoms with Crippen molar-refractivity contribution in [3.63, 3.8) is 0 Å². The predicted molar refractivity (Wildman–Crippen MR) is 153 cm³/mol. The highest BCUT2D eigenvalue weighted by Gasteiger charge is 2.72. The van der Waals surface area contributed by atoms with Gasteiger partial charge in [0.25, 0.3) is 0 Å². The molecule has 10 atom stereocenters. The van der Waals surface area contributed by atoms with E-state index in [1.54, 1.807) is 0 Å². The van der Waals surface area contributed by atoms with Crippen molar-refractivity contribution in [3.05, 3.63) is 0 Å². The third-order valence-corrected chi connectivity index (χ3v) is 11.7. The van der Waals surface area contributed by atoms with Crippen molar-refractivity contribution in [2.24, 2.45) is 63.1 Å². The molecule has 4 N–H and O–H groups in total. The zero-order valence-corrected chi connectivity index (χ0v) is 24.8. The Morgan fingerprint density at radius 2 is 1.89 bits per heavy atom. The predicted octanol–water partition coefficient (Wildman–Crippen LogP) is 5.81. The Morgan fingerprint density at radius 3 is 2.54 bits per heavy atom. The summed E-state index contributed by atoms with van der Waals surface area (Å²) in [5, 5.41) is 17.1. The molecule has 4 saturated carbocycles. The molecule has 0 radical (unpaired) electrons. The van der Waals surface area contributed by atoms with Gasteiger partial charge in [-0.2, -0.15) is 5.10 Å². The molecule has 37 heavy (non-hydrogen) atoms. The number of nitrogens with zero attached hydrogens (tertiary/aromatic N) is 1. The first-order valence-electron chi connectivity index (χ1n) is 14.8. The lowest BCUT2D eigenvalue weighted by Gasteiger charge is -2.52. The monoisotopic (exact) mass is 533 g/mol. The fraction of sp³-hybridized carbons (Fsp3) is 0.900. The van der Waals surface area contributed by atoms with Crippen LogP contribution in [0, 0.1) is 52.3 Å². The van der Waals surface area contributed by atoms with Gasteiger partial charge in [-0.1, -0.05) is 53.9 Å². The van der Waals surface area contributed by atoms with Gasteiger partial charge in [-0.25, -0.2) is 0 Å². The lowest BCUT2D eigenvalue weighted by atomic mass is 9.53. The smallest absolute Gasteiger partial charge is 0.302 e. The van der Waals surface area contributed by atoms with E-state index in [1.807, 2.05) is 6.21 Å². The van der Waals surface area contributed by atoms with Gasteiger partial charge in [0.1, 0.15) is 6.10 Å². The molecular weight excluding hydrogens is 482 g/mol. The van der Waals surface area contributed by atoms with Crippen molar-refractivity contribution < 1.29 is 14.6 Å². The summed E-state index contributed by atoms with van der Waals surface area (Å²) in [6, 6.07) is 0. The second kappa shape index (κ2) is 10.7. The van der Waals surface area contributed by atoms with E-state index in [1.165, 1.54) is 45.4 Å². The fourth-order valence-electron chi connectivity index (χ4n) is 9.90. The number of thiocarbonyl (C=S) groups is 1. The summed E-state index contributed by atoms with van der Waals surface area (Å²) >= 11 is 5.00. The number of fused-ring (bicyclic) bond motifs is 5. The number of rotatable bonds is 8. The first kappa shape index (κ1) is 28.8. The van der Waals surface area contributed by atoms with Crippen LogP contribution in [0.5, 0.6) is 0 Å². The number of hydrogen-bond donors (Lipinski definition) is 3. The molecule has 0 bridgehead atoms. The van der Waals surface area contributed by atoms with Crippen LogP contribution >= 0.6 is 12.2 Å². The van der Waals surface area contributed by atoms with E-state index < -0.39 is 5.60 Å². The summed E-state index contributed by atoms with van der Waals surface area (Å²) in [6.45, 7) is 13.5. The van der Waals surface area contributed by atoms with Gasteiger partial charge in [-0.15, -0.1) is 0 Å². The van der Waals surface area contributed by atoms with E-state index in [2.05, 4.69) is 45.1 Å². The average Bonchev–Trinajstić information content (AvgIpc) is 3.23. The van der Waals surface area contributed by atoms with E-state index in [9.17, 15) is 9.90 Å². The van der Waals surface area contributed by atoms with Crippen LogP contribution < -0.4 is 11.2 Å². The van der Waals surface area contributed by atoms with E-state index in [-0.39, 0.29) is 33.9 Å². The Bertz CT molecular complexity index is 895. The summed E-state index contributed by atoms with van der Waals surface area (Å²) in [5.74, 6) is 3.18. The molecule has 4 fully saturated rings. The molecule has 0 aromatic heterocycles. The van der Waals surface area contributed by atoms with Crippen LogP contribution in [0.25, 0.3) is 0 Å². The zero-order chi connectivity index (χ0) is 27.2. The van der Waals surface area contributed by atoms with Gasteiger partial charge >= 0.3 is 5.97 Å². The summed E-state index contributed by atoms with van der Waals surface area (Å²) in [5.41, 5.74) is 7.51. The molecule has 0 spiro atoms. The van der Waals surface area contributed by atoms with Crippen LogP contribution in [0.2, 0.25) is 0 Å². The Morgan fingerprint density at radius 1 is 1.16 bits per heavy atom.